The van der Waals surface area contributed by atoms with Crippen LogP contribution in [0.3, 0.4) is 0 Å². The number of ether oxygens (including phenoxy) is 1. The Morgan fingerprint density at radius 3 is 2.81 bits per heavy atom. The monoisotopic (exact) mass is 443 g/mol. The van der Waals surface area contributed by atoms with Crippen molar-refractivity contribution in [1.29, 1.82) is 0 Å². The molecule has 2 aromatic rings. The van der Waals surface area contributed by atoms with Gasteiger partial charge in [-0.3, -0.25) is 9.59 Å². The molecule has 1 atom stereocenters. The summed E-state index contributed by atoms with van der Waals surface area (Å²) in [6, 6.07) is 12.1. The minimum atomic E-state index is -3.82. The second-order valence-corrected chi connectivity index (χ2v) is 9.87. The third kappa shape index (κ3) is 4.28. The second-order valence-electron chi connectivity index (χ2n) is 7.93. The molecule has 1 fully saturated rings. The molecular weight excluding hydrogens is 418 g/mol. The zero-order valence-corrected chi connectivity index (χ0v) is 18.3. The largest absolute Gasteiger partial charge is 0.482 e. The van der Waals surface area contributed by atoms with Gasteiger partial charge < -0.3 is 15.0 Å². The lowest BCUT2D eigenvalue weighted by molar-refractivity contribution is -0.123. The first-order valence-electron chi connectivity index (χ1n) is 10.2. The molecule has 2 amide bonds. The molecule has 2 aromatic carbocycles. The Bertz CT molecular complexity index is 1130. The van der Waals surface area contributed by atoms with Crippen molar-refractivity contribution in [1.82, 2.24) is 4.31 Å². The van der Waals surface area contributed by atoms with E-state index in [-0.39, 0.29) is 29.9 Å². The van der Waals surface area contributed by atoms with Crippen molar-refractivity contribution in [2.75, 3.05) is 37.0 Å². The lowest BCUT2D eigenvalue weighted by atomic mass is 9.98. The van der Waals surface area contributed by atoms with Crippen LogP contribution in [0, 0.1) is 12.8 Å². The first kappa shape index (κ1) is 21.3. The van der Waals surface area contributed by atoms with E-state index in [2.05, 4.69) is 5.32 Å². The van der Waals surface area contributed by atoms with Crippen LogP contribution < -0.4 is 15.0 Å². The lowest BCUT2D eigenvalue weighted by Gasteiger charge is -2.33. The number of carbonyl (C=O) groups excluding carboxylic acids is 2. The van der Waals surface area contributed by atoms with Crippen molar-refractivity contribution in [2.45, 2.75) is 24.7 Å². The summed E-state index contributed by atoms with van der Waals surface area (Å²) in [5.41, 5.74) is 2.17. The number of rotatable bonds is 4. The quantitative estimate of drug-likeness (QED) is 0.783. The van der Waals surface area contributed by atoms with Gasteiger partial charge in [-0.15, -0.1) is 0 Å². The molecule has 0 radical (unpaired) electrons. The smallest absolute Gasteiger partial charge is 0.262 e. The van der Waals surface area contributed by atoms with Gasteiger partial charge in [0.25, 0.3) is 5.91 Å². The number of amides is 2. The van der Waals surface area contributed by atoms with E-state index >= 15 is 0 Å². The fraction of sp³-hybridized carbons (Fsp3) is 0.364. The third-order valence-electron chi connectivity index (χ3n) is 5.67. The maximum absolute atomic E-state index is 13.3. The Morgan fingerprint density at radius 2 is 2.03 bits per heavy atom. The Balaban J connectivity index is 1.53. The highest BCUT2D eigenvalue weighted by atomic mass is 32.2. The number of fused-ring (bicyclic) bond motifs is 1. The molecule has 0 saturated carbocycles. The van der Waals surface area contributed by atoms with E-state index in [0.29, 0.717) is 30.8 Å². The van der Waals surface area contributed by atoms with E-state index in [1.807, 2.05) is 31.2 Å². The molecule has 2 heterocycles. The minimum Gasteiger partial charge on any atom is -0.482 e. The molecule has 0 aliphatic carbocycles. The van der Waals surface area contributed by atoms with E-state index < -0.39 is 15.9 Å². The van der Waals surface area contributed by atoms with Crippen molar-refractivity contribution >= 4 is 33.2 Å². The molecule has 0 unspecified atom stereocenters. The van der Waals surface area contributed by atoms with Crippen molar-refractivity contribution in [3.8, 4) is 5.75 Å². The molecule has 1 N–H and O–H groups in total. The number of piperidine rings is 1. The van der Waals surface area contributed by atoms with Gasteiger partial charge in [0.05, 0.1) is 16.5 Å². The number of nitrogens with zero attached hydrogens (tertiary/aromatic N) is 2. The van der Waals surface area contributed by atoms with Gasteiger partial charge in [0, 0.05) is 25.8 Å². The molecule has 164 valence electrons. The number of sulfonamides is 1. The maximum Gasteiger partial charge on any atom is 0.262 e. The van der Waals surface area contributed by atoms with Gasteiger partial charge in [0.1, 0.15) is 5.75 Å². The average Bonchev–Trinajstić information content (AvgIpc) is 2.77. The molecule has 1 saturated heterocycles. The summed E-state index contributed by atoms with van der Waals surface area (Å²) in [4.78, 5) is 26.3. The predicted molar refractivity (Wildman–Crippen MR) is 117 cm³/mol. The summed E-state index contributed by atoms with van der Waals surface area (Å²) in [6.07, 6.45) is 1.23. The van der Waals surface area contributed by atoms with E-state index in [1.54, 1.807) is 18.0 Å². The second kappa shape index (κ2) is 8.32. The summed E-state index contributed by atoms with van der Waals surface area (Å²) in [5.74, 6) is -0.416. The topological polar surface area (TPSA) is 96.0 Å². The highest BCUT2D eigenvalue weighted by Crippen LogP contribution is 2.33. The molecule has 31 heavy (non-hydrogen) atoms. The van der Waals surface area contributed by atoms with Crippen LogP contribution in [0.15, 0.2) is 47.4 Å². The van der Waals surface area contributed by atoms with E-state index in [4.69, 9.17) is 4.74 Å². The molecular formula is C22H25N3O5S. The third-order valence-corrected chi connectivity index (χ3v) is 7.54. The van der Waals surface area contributed by atoms with Gasteiger partial charge in [-0.1, -0.05) is 12.1 Å². The van der Waals surface area contributed by atoms with Crippen LogP contribution in [0.2, 0.25) is 0 Å². The zero-order valence-electron chi connectivity index (χ0n) is 17.5. The van der Waals surface area contributed by atoms with Crippen molar-refractivity contribution in [3.63, 3.8) is 0 Å². The zero-order chi connectivity index (χ0) is 22.2. The Morgan fingerprint density at radius 1 is 1.23 bits per heavy atom. The molecule has 4 rings (SSSR count). The SMILES string of the molecule is Cc1cccc(N(C)C(=O)[C@@H]2CCCN(S(=O)(=O)c3ccc4c(c3)NC(=O)CO4)C2)c1. The minimum absolute atomic E-state index is 0.0668. The van der Waals surface area contributed by atoms with E-state index in [9.17, 15) is 18.0 Å². The van der Waals surface area contributed by atoms with Crippen LogP contribution in [0.25, 0.3) is 0 Å². The number of hydrogen-bond acceptors (Lipinski definition) is 5. The molecule has 0 bridgehead atoms. The summed E-state index contributed by atoms with van der Waals surface area (Å²) in [5, 5.41) is 2.63. The number of aryl methyl sites for hydroxylation is 1. The molecule has 2 aliphatic rings. The predicted octanol–water partition coefficient (Wildman–Crippen LogP) is 2.39. The van der Waals surface area contributed by atoms with Crippen molar-refractivity contribution in [3.05, 3.63) is 48.0 Å². The maximum atomic E-state index is 13.3. The number of nitrogens with one attached hydrogen (secondary N) is 1. The van der Waals surface area contributed by atoms with Gasteiger partial charge >= 0.3 is 0 Å². The first-order valence-corrected chi connectivity index (χ1v) is 11.6. The van der Waals surface area contributed by atoms with Crippen molar-refractivity contribution < 1.29 is 22.7 Å². The van der Waals surface area contributed by atoms with Gasteiger partial charge in [-0.05, 0) is 55.7 Å². The number of hydrogen-bond donors (Lipinski definition) is 1. The first-order chi connectivity index (χ1) is 14.8. The van der Waals surface area contributed by atoms with E-state index in [1.165, 1.54) is 16.4 Å². The number of anilines is 2. The van der Waals surface area contributed by atoms with Crippen LogP contribution in [0.1, 0.15) is 18.4 Å². The fourth-order valence-corrected chi connectivity index (χ4v) is 5.52. The van der Waals surface area contributed by atoms with Crippen LogP contribution in [-0.2, 0) is 19.6 Å². The summed E-state index contributed by atoms with van der Waals surface area (Å²) in [7, 11) is -2.10. The van der Waals surface area contributed by atoms with Gasteiger partial charge in [0.15, 0.2) is 6.61 Å². The number of benzene rings is 2. The van der Waals surface area contributed by atoms with Crippen LogP contribution in [0.4, 0.5) is 11.4 Å². The summed E-state index contributed by atoms with van der Waals surface area (Å²) >= 11 is 0. The van der Waals surface area contributed by atoms with Crippen LogP contribution >= 0.6 is 0 Å². The van der Waals surface area contributed by atoms with Gasteiger partial charge in [-0.25, -0.2) is 8.42 Å². The molecule has 9 heteroatoms. The Kier molecular flexibility index (Phi) is 5.72. The Hall–Kier alpha value is -2.91. The molecule has 2 aliphatic heterocycles. The van der Waals surface area contributed by atoms with Crippen LogP contribution in [-0.4, -0.2) is 51.3 Å². The van der Waals surface area contributed by atoms with Crippen molar-refractivity contribution in [2.24, 2.45) is 5.92 Å². The lowest BCUT2D eigenvalue weighted by Crippen LogP contribution is -2.46. The number of carbonyl (C=O) groups is 2. The molecule has 8 nitrogen and oxygen atoms in total. The van der Waals surface area contributed by atoms with E-state index in [0.717, 1.165) is 11.3 Å². The summed E-state index contributed by atoms with van der Waals surface area (Å²) < 4.78 is 33.2. The van der Waals surface area contributed by atoms with Gasteiger partial charge in [0.2, 0.25) is 15.9 Å². The highest BCUT2D eigenvalue weighted by molar-refractivity contribution is 7.89. The molecule has 0 aromatic heterocycles. The average molecular weight is 444 g/mol. The Labute approximate surface area is 181 Å². The fourth-order valence-electron chi connectivity index (χ4n) is 3.97. The van der Waals surface area contributed by atoms with Gasteiger partial charge in [-0.2, -0.15) is 4.31 Å². The highest BCUT2D eigenvalue weighted by Gasteiger charge is 2.35. The standard InChI is InChI=1S/C22H25N3O5S/c1-15-5-3-7-17(11-15)24(2)22(27)16-6-4-10-25(13-16)31(28,29)18-8-9-20-19(12-18)23-21(26)14-30-20/h3,5,7-9,11-12,16H,4,6,10,13-14H2,1-2H3,(H,23,26)/t16-/m1/s1. The molecule has 0 spiro atoms. The normalized spacial score (nSPS) is 19.2. The summed E-state index contributed by atoms with van der Waals surface area (Å²) in [6.45, 7) is 2.34. The van der Waals surface area contributed by atoms with Crippen LogP contribution in [0.5, 0.6) is 5.75 Å².